The molecule has 1 aromatic carbocycles. The number of nitro groups is 1. The molecule has 1 unspecified atom stereocenters. The van der Waals surface area contributed by atoms with Crippen LogP contribution in [-0.4, -0.2) is 30.5 Å². The number of hydrogen-bond acceptors (Lipinski definition) is 5. The van der Waals surface area contributed by atoms with Gasteiger partial charge in [-0.2, -0.15) is 4.72 Å². The van der Waals surface area contributed by atoms with Gasteiger partial charge >= 0.3 is 5.97 Å². The monoisotopic (exact) mass is 330 g/mol. The molecule has 0 bridgehead atoms. The number of hydrogen-bond donors (Lipinski definition) is 2. The highest BCUT2D eigenvalue weighted by Crippen LogP contribution is 2.26. The van der Waals surface area contributed by atoms with E-state index in [1.54, 1.807) is 13.8 Å². The number of carbonyl (C=O) groups is 1. The highest BCUT2D eigenvalue weighted by atomic mass is 32.2. The Balaban J connectivity index is 3.35. The first-order valence-electron chi connectivity index (χ1n) is 6.48. The van der Waals surface area contributed by atoms with E-state index in [9.17, 15) is 23.3 Å². The van der Waals surface area contributed by atoms with Crippen LogP contribution in [0.25, 0.3) is 0 Å². The van der Waals surface area contributed by atoms with Crippen LogP contribution >= 0.6 is 0 Å². The molecule has 0 aliphatic rings. The van der Waals surface area contributed by atoms with Crippen molar-refractivity contribution in [3.8, 4) is 0 Å². The fourth-order valence-corrected chi connectivity index (χ4v) is 3.95. The summed E-state index contributed by atoms with van der Waals surface area (Å²) in [6, 6.07) is 1.01. The average Bonchev–Trinajstić information content (AvgIpc) is 2.33. The summed E-state index contributed by atoms with van der Waals surface area (Å²) < 4.78 is 27.0. The van der Waals surface area contributed by atoms with Gasteiger partial charge in [0.05, 0.1) is 9.82 Å². The van der Waals surface area contributed by atoms with Gasteiger partial charge in [-0.1, -0.05) is 13.8 Å². The number of non-ortho nitro benzene ring substituents is 1. The summed E-state index contributed by atoms with van der Waals surface area (Å²) in [7, 11) is -4.11. The highest BCUT2D eigenvalue weighted by Gasteiger charge is 2.30. The molecule has 122 valence electrons. The first-order valence-corrected chi connectivity index (χ1v) is 7.96. The number of carboxylic acids is 1. The van der Waals surface area contributed by atoms with E-state index in [0.29, 0.717) is 0 Å². The SMILES string of the molecule is Cc1cc([N+](=O)[O-])cc(C)c1S(=O)(=O)NC(C(=O)O)C(C)C. The lowest BCUT2D eigenvalue weighted by Crippen LogP contribution is -2.44. The second-order valence-electron chi connectivity index (χ2n) is 5.35. The normalized spacial score (nSPS) is 13.1. The summed E-state index contributed by atoms with van der Waals surface area (Å²) >= 11 is 0. The Morgan fingerprint density at radius 3 is 2.05 bits per heavy atom. The fraction of sp³-hybridized carbons (Fsp3) is 0.462. The lowest BCUT2D eigenvalue weighted by Gasteiger charge is -2.19. The third kappa shape index (κ3) is 3.80. The Morgan fingerprint density at radius 2 is 1.73 bits per heavy atom. The van der Waals surface area contributed by atoms with Crippen LogP contribution in [0.15, 0.2) is 17.0 Å². The summed E-state index contributed by atoms with van der Waals surface area (Å²) in [4.78, 5) is 21.2. The quantitative estimate of drug-likeness (QED) is 0.602. The van der Waals surface area contributed by atoms with E-state index < -0.39 is 32.9 Å². The predicted molar refractivity (Wildman–Crippen MR) is 79.2 cm³/mol. The van der Waals surface area contributed by atoms with Gasteiger partial charge < -0.3 is 5.11 Å². The van der Waals surface area contributed by atoms with E-state index in [2.05, 4.69) is 4.72 Å². The van der Waals surface area contributed by atoms with Crippen LogP contribution in [0.5, 0.6) is 0 Å². The lowest BCUT2D eigenvalue weighted by atomic mass is 10.1. The molecule has 0 aliphatic carbocycles. The second-order valence-corrected chi connectivity index (χ2v) is 7.00. The van der Waals surface area contributed by atoms with Gasteiger partial charge in [0.2, 0.25) is 10.0 Å². The minimum absolute atomic E-state index is 0.134. The maximum atomic E-state index is 12.4. The molecule has 0 aromatic heterocycles. The zero-order chi connectivity index (χ0) is 17.2. The van der Waals surface area contributed by atoms with Crippen LogP contribution in [0.4, 0.5) is 5.69 Å². The summed E-state index contributed by atoms with van der Waals surface area (Å²) in [5, 5.41) is 19.9. The minimum Gasteiger partial charge on any atom is -0.480 e. The number of aliphatic carboxylic acids is 1. The van der Waals surface area contributed by atoms with E-state index in [1.807, 2.05) is 0 Å². The highest BCUT2D eigenvalue weighted by molar-refractivity contribution is 7.89. The van der Waals surface area contributed by atoms with Crippen LogP contribution in [0.1, 0.15) is 25.0 Å². The molecular formula is C13H18N2O6S. The number of carboxylic acid groups (broad SMARTS) is 1. The fourth-order valence-electron chi connectivity index (χ4n) is 2.15. The minimum atomic E-state index is -4.11. The molecule has 1 rings (SSSR count). The molecule has 0 saturated carbocycles. The zero-order valence-corrected chi connectivity index (χ0v) is 13.5. The lowest BCUT2D eigenvalue weighted by molar-refractivity contribution is -0.385. The van der Waals surface area contributed by atoms with Crippen molar-refractivity contribution in [1.29, 1.82) is 0 Å². The second kappa shape index (κ2) is 6.41. The summed E-state index contributed by atoms with van der Waals surface area (Å²) in [5.74, 6) is -1.73. The van der Waals surface area contributed by atoms with E-state index in [0.717, 1.165) is 12.1 Å². The van der Waals surface area contributed by atoms with Gasteiger partial charge in [-0.05, 0) is 30.9 Å². The van der Waals surface area contributed by atoms with E-state index in [1.165, 1.54) is 13.8 Å². The largest absolute Gasteiger partial charge is 0.480 e. The molecule has 0 spiro atoms. The van der Waals surface area contributed by atoms with Gasteiger partial charge in [-0.3, -0.25) is 14.9 Å². The Hall–Kier alpha value is -2.00. The van der Waals surface area contributed by atoms with E-state index in [4.69, 9.17) is 5.11 Å². The smallest absolute Gasteiger partial charge is 0.322 e. The molecule has 1 atom stereocenters. The topological polar surface area (TPSA) is 127 Å². The predicted octanol–water partition coefficient (Wildman–Crippen LogP) is 1.60. The van der Waals surface area contributed by atoms with Crippen LogP contribution in [-0.2, 0) is 14.8 Å². The van der Waals surface area contributed by atoms with Crippen molar-refractivity contribution in [1.82, 2.24) is 4.72 Å². The van der Waals surface area contributed by atoms with E-state index >= 15 is 0 Å². The third-order valence-electron chi connectivity index (χ3n) is 3.14. The van der Waals surface area contributed by atoms with Crippen molar-refractivity contribution in [3.63, 3.8) is 0 Å². The molecule has 0 heterocycles. The van der Waals surface area contributed by atoms with Gasteiger partial charge in [0.25, 0.3) is 5.69 Å². The Bertz CT molecular complexity index is 688. The van der Waals surface area contributed by atoms with Crippen LogP contribution < -0.4 is 4.72 Å². The molecule has 0 saturated heterocycles. The van der Waals surface area contributed by atoms with Gasteiger partial charge in [-0.15, -0.1) is 0 Å². The zero-order valence-electron chi connectivity index (χ0n) is 12.7. The number of rotatable bonds is 6. The van der Waals surface area contributed by atoms with Crippen molar-refractivity contribution in [2.75, 3.05) is 0 Å². The molecule has 22 heavy (non-hydrogen) atoms. The number of nitrogens with zero attached hydrogens (tertiary/aromatic N) is 1. The van der Waals surface area contributed by atoms with Crippen LogP contribution in [0.3, 0.4) is 0 Å². The van der Waals surface area contributed by atoms with Crippen molar-refractivity contribution in [3.05, 3.63) is 33.4 Å². The van der Waals surface area contributed by atoms with Crippen LogP contribution in [0.2, 0.25) is 0 Å². The van der Waals surface area contributed by atoms with Crippen molar-refractivity contribution in [2.45, 2.75) is 38.6 Å². The number of aryl methyl sites for hydroxylation is 2. The average molecular weight is 330 g/mol. The van der Waals surface area contributed by atoms with Crippen molar-refractivity contribution < 1.29 is 23.2 Å². The van der Waals surface area contributed by atoms with Crippen molar-refractivity contribution in [2.24, 2.45) is 5.92 Å². The Morgan fingerprint density at radius 1 is 1.27 bits per heavy atom. The first-order chi connectivity index (χ1) is 9.97. The van der Waals surface area contributed by atoms with Gasteiger partial charge in [0.15, 0.2) is 0 Å². The number of nitrogens with one attached hydrogen (secondary N) is 1. The number of benzene rings is 1. The van der Waals surface area contributed by atoms with Gasteiger partial charge in [0, 0.05) is 12.1 Å². The molecule has 2 N–H and O–H groups in total. The van der Waals surface area contributed by atoms with Gasteiger partial charge in [-0.25, -0.2) is 8.42 Å². The Labute approximate surface area is 128 Å². The summed E-state index contributed by atoms with van der Waals surface area (Å²) in [6.07, 6.45) is 0. The first kappa shape index (κ1) is 18.1. The number of sulfonamides is 1. The van der Waals surface area contributed by atoms with Crippen molar-refractivity contribution >= 4 is 21.7 Å². The summed E-state index contributed by atoms with van der Waals surface area (Å²) in [6.45, 7) is 6.02. The molecule has 1 aromatic rings. The number of nitro benzene ring substituents is 1. The van der Waals surface area contributed by atoms with Gasteiger partial charge in [0.1, 0.15) is 6.04 Å². The molecular weight excluding hydrogens is 312 g/mol. The molecule has 0 radical (unpaired) electrons. The maximum Gasteiger partial charge on any atom is 0.322 e. The molecule has 0 amide bonds. The third-order valence-corrected chi connectivity index (χ3v) is 4.89. The standard InChI is InChI=1S/C13H18N2O6S/c1-7(2)11(13(16)17)14-22(20,21)12-8(3)5-10(15(18)19)6-9(12)4/h5-7,11,14H,1-4H3,(H,16,17). The van der Waals surface area contributed by atoms with E-state index in [-0.39, 0.29) is 21.7 Å². The molecule has 0 fully saturated rings. The summed E-state index contributed by atoms with van der Waals surface area (Å²) in [5.41, 5.74) is 0.159. The maximum absolute atomic E-state index is 12.4. The Kier molecular flexibility index (Phi) is 5.26. The molecule has 8 nitrogen and oxygen atoms in total. The molecule has 9 heteroatoms. The van der Waals surface area contributed by atoms with Crippen LogP contribution in [0, 0.1) is 29.9 Å². The molecule has 0 aliphatic heterocycles.